The van der Waals surface area contributed by atoms with Crippen LogP contribution in [-0.4, -0.2) is 6.26 Å². The van der Waals surface area contributed by atoms with E-state index in [0.29, 0.717) is 0 Å². The van der Waals surface area contributed by atoms with E-state index < -0.39 is 0 Å². The smallest absolute Gasteiger partial charge is 0.0989 e. The first-order valence-electron chi connectivity index (χ1n) is 4.45. The van der Waals surface area contributed by atoms with Crippen molar-refractivity contribution in [2.24, 2.45) is 0 Å². The molecule has 0 fully saturated rings. The summed E-state index contributed by atoms with van der Waals surface area (Å²) in [6, 6.07) is 10.4. The molecule has 1 atom stereocenters. The Bertz CT molecular complexity index is 336. The molecule has 0 aliphatic rings. The second kappa shape index (κ2) is 5.51. The molecular weight excluding hydrogens is 188 g/mol. The Morgan fingerprint density at radius 2 is 1.86 bits per heavy atom. The van der Waals surface area contributed by atoms with E-state index in [9.17, 15) is 0 Å². The largest absolute Gasteiger partial charge is 0.160 e. The van der Waals surface area contributed by atoms with Crippen LogP contribution in [0.4, 0.5) is 0 Å². The van der Waals surface area contributed by atoms with Crippen LogP contribution < -0.4 is 0 Å². The summed E-state index contributed by atoms with van der Waals surface area (Å²) in [7, 11) is 0.101. The van der Waals surface area contributed by atoms with Gasteiger partial charge in [0.05, 0.1) is 10.9 Å². The van der Waals surface area contributed by atoms with Gasteiger partial charge in [-0.25, -0.2) is 0 Å². The van der Waals surface area contributed by atoms with Gasteiger partial charge in [-0.15, -0.1) is 0 Å². The van der Waals surface area contributed by atoms with E-state index in [0.717, 1.165) is 0 Å². The number of allylic oxidation sites excluding steroid dienone is 3. The van der Waals surface area contributed by atoms with Crippen LogP contribution in [0.1, 0.15) is 0 Å². The standard InChI is InChI=1S/C13H15S/c1-4-9-12(5-2)14(3)13-10-7-6-8-11-13/h4-11H,1-2H2,3H3/q+1/b12-9+. The van der Waals surface area contributed by atoms with Crippen molar-refractivity contribution in [1.82, 2.24) is 0 Å². The molecule has 72 valence electrons. The van der Waals surface area contributed by atoms with Crippen molar-refractivity contribution in [3.8, 4) is 0 Å². The molecule has 0 nitrogen and oxygen atoms in total. The summed E-state index contributed by atoms with van der Waals surface area (Å²) in [5.41, 5.74) is 0. The molecule has 1 rings (SSSR count). The van der Waals surface area contributed by atoms with Crippen molar-refractivity contribution in [2.45, 2.75) is 4.90 Å². The normalized spacial score (nSPS) is 13.4. The first-order chi connectivity index (χ1) is 6.79. The van der Waals surface area contributed by atoms with Gasteiger partial charge in [0.25, 0.3) is 0 Å². The molecule has 0 aliphatic heterocycles. The van der Waals surface area contributed by atoms with Crippen LogP contribution in [0, 0.1) is 0 Å². The highest BCUT2D eigenvalue weighted by atomic mass is 32.2. The van der Waals surface area contributed by atoms with Crippen molar-refractivity contribution in [1.29, 1.82) is 0 Å². The van der Waals surface area contributed by atoms with Gasteiger partial charge in [0, 0.05) is 0 Å². The van der Waals surface area contributed by atoms with Crippen molar-refractivity contribution >= 4 is 10.9 Å². The Morgan fingerprint density at radius 1 is 1.21 bits per heavy atom. The van der Waals surface area contributed by atoms with Crippen LogP contribution in [0.15, 0.2) is 71.5 Å². The molecule has 0 heterocycles. The minimum Gasteiger partial charge on any atom is -0.0989 e. The van der Waals surface area contributed by atoms with Gasteiger partial charge in [-0.2, -0.15) is 0 Å². The molecule has 0 spiro atoms. The summed E-state index contributed by atoms with van der Waals surface area (Å²) in [4.78, 5) is 2.56. The lowest BCUT2D eigenvalue weighted by molar-refractivity contribution is 1.45. The molecule has 0 aliphatic carbocycles. The molecule has 1 unspecified atom stereocenters. The van der Waals surface area contributed by atoms with Crippen molar-refractivity contribution in [2.75, 3.05) is 6.26 Å². The number of rotatable bonds is 4. The maximum atomic E-state index is 3.82. The summed E-state index contributed by atoms with van der Waals surface area (Å²) in [6.45, 7) is 7.52. The van der Waals surface area contributed by atoms with Gasteiger partial charge in [0.1, 0.15) is 6.26 Å². The lowest BCUT2D eigenvalue weighted by Gasteiger charge is -2.01. The topological polar surface area (TPSA) is 0 Å². The van der Waals surface area contributed by atoms with E-state index in [1.54, 1.807) is 0 Å². The van der Waals surface area contributed by atoms with Crippen LogP contribution in [0.3, 0.4) is 0 Å². The van der Waals surface area contributed by atoms with Gasteiger partial charge in [0.2, 0.25) is 0 Å². The predicted octanol–water partition coefficient (Wildman–Crippen LogP) is 3.55. The summed E-state index contributed by atoms with van der Waals surface area (Å²) in [6.07, 6.45) is 7.93. The van der Waals surface area contributed by atoms with E-state index >= 15 is 0 Å². The number of hydrogen-bond donors (Lipinski definition) is 0. The quantitative estimate of drug-likeness (QED) is 0.518. The molecular formula is C13H15S+. The summed E-state index contributed by atoms with van der Waals surface area (Å²) >= 11 is 0. The van der Waals surface area contributed by atoms with E-state index in [1.165, 1.54) is 9.80 Å². The summed E-state index contributed by atoms with van der Waals surface area (Å²) in [5.74, 6) is 0. The molecule has 0 N–H and O–H groups in total. The average molecular weight is 203 g/mol. The van der Waals surface area contributed by atoms with Crippen LogP contribution >= 0.6 is 0 Å². The van der Waals surface area contributed by atoms with Gasteiger partial charge in [-0.3, -0.25) is 0 Å². The fourth-order valence-corrected chi connectivity index (χ4v) is 2.56. The van der Waals surface area contributed by atoms with Crippen molar-refractivity contribution in [3.05, 3.63) is 66.6 Å². The maximum absolute atomic E-state index is 3.82. The first-order valence-corrected chi connectivity index (χ1v) is 6.09. The first kappa shape index (κ1) is 10.9. The van der Waals surface area contributed by atoms with Crippen molar-refractivity contribution < 1.29 is 0 Å². The highest BCUT2D eigenvalue weighted by Gasteiger charge is 2.18. The third-order valence-electron chi connectivity index (χ3n) is 1.93. The van der Waals surface area contributed by atoms with Gasteiger partial charge >= 0.3 is 0 Å². The Labute approximate surface area is 89.0 Å². The second-order valence-corrected chi connectivity index (χ2v) is 4.80. The van der Waals surface area contributed by atoms with Gasteiger partial charge < -0.3 is 0 Å². The average Bonchev–Trinajstić information content (AvgIpc) is 2.26. The highest BCUT2D eigenvalue weighted by Crippen LogP contribution is 2.19. The third-order valence-corrected chi connectivity index (χ3v) is 3.92. The molecule has 0 bridgehead atoms. The Hall–Kier alpha value is -1.21. The molecule has 0 aromatic heterocycles. The molecule has 0 saturated carbocycles. The van der Waals surface area contributed by atoms with Crippen LogP contribution in [0.25, 0.3) is 0 Å². The minimum atomic E-state index is 0.101. The zero-order valence-electron chi connectivity index (χ0n) is 8.44. The van der Waals surface area contributed by atoms with E-state index in [-0.39, 0.29) is 10.9 Å². The van der Waals surface area contributed by atoms with E-state index in [1.807, 2.05) is 24.3 Å². The molecule has 1 aromatic rings. The lowest BCUT2D eigenvalue weighted by atomic mass is 10.4. The Balaban J connectivity index is 2.94. The second-order valence-electron chi connectivity index (χ2n) is 2.83. The zero-order valence-corrected chi connectivity index (χ0v) is 9.26. The third kappa shape index (κ3) is 2.64. The highest BCUT2D eigenvalue weighted by molar-refractivity contribution is 8.00. The van der Waals surface area contributed by atoms with Crippen LogP contribution in [-0.2, 0) is 10.9 Å². The lowest BCUT2D eigenvalue weighted by Crippen LogP contribution is -2.00. The fraction of sp³-hybridized carbons (Fsp3) is 0.0769. The zero-order chi connectivity index (χ0) is 10.4. The number of benzene rings is 1. The fourth-order valence-electron chi connectivity index (χ4n) is 1.17. The molecule has 0 radical (unpaired) electrons. The number of hydrogen-bond acceptors (Lipinski definition) is 0. The predicted molar refractivity (Wildman–Crippen MR) is 66.5 cm³/mol. The molecule has 0 saturated heterocycles. The molecule has 14 heavy (non-hydrogen) atoms. The Morgan fingerprint density at radius 3 is 2.36 bits per heavy atom. The van der Waals surface area contributed by atoms with E-state index in [2.05, 4.69) is 43.7 Å². The monoisotopic (exact) mass is 203 g/mol. The van der Waals surface area contributed by atoms with E-state index in [4.69, 9.17) is 0 Å². The molecule has 0 amide bonds. The Kier molecular flexibility index (Phi) is 4.27. The molecule has 1 heteroatoms. The van der Waals surface area contributed by atoms with Gasteiger partial charge in [-0.05, 0) is 24.3 Å². The maximum Gasteiger partial charge on any atom is 0.160 e. The van der Waals surface area contributed by atoms with Crippen LogP contribution in [0.2, 0.25) is 0 Å². The SMILES string of the molecule is C=C/C=C(\C=C)[S+](C)c1ccccc1. The summed E-state index contributed by atoms with van der Waals surface area (Å²) in [5, 5.41) is 0. The van der Waals surface area contributed by atoms with Crippen molar-refractivity contribution in [3.63, 3.8) is 0 Å². The van der Waals surface area contributed by atoms with Gasteiger partial charge in [0.15, 0.2) is 9.80 Å². The summed E-state index contributed by atoms with van der Waals surface area (Å²) < 4.78 is 0. The van der Waals surface area contributed by atoms with Gasteiger partial charge in [-0.1, -0.05) is 37.4 Å². The molecule has 1 aromatic carbocycles. The van der Waals surface area contributed by atoms with Crippen LogP contribution in [0.5, 0.6) is 0 Å². The minimum absolute atomic E-state index is 0.101.